The van der Waals surface area contributed by atoms with Gasteiger partial charge < -0.3 is 5.11 Å². The zero-order chi connectivity index (χ0) is 12.0. The lowest BCUT2D eigenvalue weighted by molar-refractivity contribution is 0.0695. The van der Waals surface area contributed by atoms with E-state index >= 15 is 0 Å². The zero-order valence-electron chi connectivity index (χ0n) is 9.08. The molecule has 2 heterocycles. The number of halogens is 1. The summed E-state index contributed by atoms with van der Waals surface area (Å²) in [6, 6.07) is 0. The average Bonchev–Trinajstić information content (AvgIpc) is 2.41. The lowest BCUT2D eigenvalue weighted by atomic mass is 10.1. The molecule has 0 aliphatic heterocycles. The standard InChI is InChI=1S/C10H10BrN3O2/c1-4-6-5(2)13-14(3)9(6)12-8(11)7(4)10(15)16/h1-3H3,(H,15,16). The SMILES string of the molecule is Cc1nn(C)c2nc(Br)c(C(=O)O)c(C)c12. The molecular formula is C10H10BrN3O2. The Labute approximate surface area is 100 Å². The molecule has 0 aliphatic carbocycles. The predicted molar refractivity (Wildman–Crippen MR) is 62.6 cm³/mol. The fourth-order valence-electron chi connectivity index (χ4n) is 1.89. The van der Waals surface area contributed by atoms with Crippen LogP contribution in [0.4, 0.5) is 0 Å². The van der Waals surface area contributed by atoms with Crippen molar-refractivity contribution < 1.29 is 9.90 Å². The van der Waals surface area contributed by atoms with E-state index < -0.39 is 5.97 Å². The van der Waals surface area contributed by atoms with Gasteiger partial charge in [-0.1, -0.05) is 0 Å². The molecule has 0 aromatic carbocycles. The lowest BCUT2D eigenvalue weighted by Crippen LogP contribution is -2.04. The lowest BCUT2D eigenvalue weighted by Gasteiger charge is -2.05. The summed E-state index contributed by atoms with van der Waals surface area (Å²) >= 11 is 3.18. The van der Waals surface area contributed by atoms with E-state index in [1.807, 2.05) is 6.92 Å². The Kier molecular flexibility index (Phi) is 2.46. The fraction of sp³-hybridized carbons (Fsp3) is 0.300. The normalized spacial score (nSPS) is 11.0. The van der Waals surface area contributed by atoms with Gasteiger partial charge in [0.1, 0.15) is 4.60 Å². The second-order valence-electron chi connectivity index (χ2n) is 3.62. The van der Waals surface area contributed by atoms with Gasteiger partial charge in [0, 0.05) is 12.4 Å². The zero-order valence-corrected chi connectivity index (χ0v) is 10.7. The molecule has 0 fully saturated rings. The van der Waals surface area contributed by atoms with Crippen LogP contribution in [0.2, 0.25) is 0 Å². The van der Waals surface area contributed by atoms with E-state index in [0.717, 1.165) is 11.1 Å². The van der Waals surface area contributed by atoms with Crippen LogP contribution in [0.15, 0.2) is 4.60 Å². The molecule has 2 aromatic rings. The molecule has 2 rings (SSSR count). The van der Waals surface area contributed by atoms with Crippen molar-refractivity contribution in [1.29, 1.82) is 0 Å². The van der Waals surface area contributed by atoms with Gasteiger partial charge in [-0.25, -0.2) is 9.78 Å². The predicted octanol–water partition coefficient (Wildman–Crippen LogP) is 2.05. The summed E-state index contributed by atoms with van der Waals surface area (Å²) in [5, 5.41) is 14.1. The third kappa shape index (κ3) is 1.41. The maximum atomic E-state index is 11.1. The summed E-state index contributed by atoms with van der Waals surface area (Å²) in [5.41, 5.74) is 2.36. The molecule has 5 nitrogen and oxygen atoms in total. The number of pyridine rings is 1. The second-order valence-corrected chi connectivity index (χ2v) is 4.37. The van der Waals surface area contributed by atoms with Gasteiger partial charge in [0.15, 0.2) is 5.65 Å². The van der Waals surface area contributed by atoms with Crippen LogP contribution in [0.5, 0.6) is 0 Å². The molecule has 0 atom stereocenters. The highest BCUT2D eigenvalue weighted by atomic mass is 79.9. The van der Waals surface area contributed by atoms with Crippen molar-refractivity contribution in [2.24, 2.45) is 7.05 Å². The second kappa shape index (κ2) is 3.55. The highest BCUT2D eigenvalue weighted by Gasteiger charge is 2.19. The van der Waals surface area contributed by atoms with E-state index in [9.17, 15) is 4.79 Å². The first-order chi connectivity index (χ1) is 7.43. The largest absolute Gasteiger partial charge is 0.478 e. The van der Waals surface area contributed by atoms with Gasteiger partial charge in [0.05, 0.1) is 11.3 Å². The first-order valence-corrected chi connectivity index (χ1v) is 5.45. The Hall–Kier alpha value is -1.43. The Morgan fingerprint density at radius 2 is 2.06 bits per heavy atom. The number of rotatable bonds is 1. The molecule has 0 aliphatic rings. The number of carboxylic acids is 1. The molecular weight excluding hydrogens is 274 g/mol. The van der Waals surface area contributed by atoms with Crippen LogP contribution < -0.4 is 0 Å². The smallest absolute Gasteiger partial charge is 0.338 e. The van der Waals surface area contributed by atoms with Crippen molar-refractivity contribution in [3.05, 3.63) is 21.4 Å². The summed E-state index contributed by atoms with van der Waals surface area (Å²) in [6.45, 7) is 3.61. The third-order valence-electron chi connectivity index (χ3n) is 2.57. The maximum absolute atomic E-state index is 11.1. The van der Waals surface area contributed by atoms with Gasteiger partial charge in [-0.2, -0.15) is 5.10 Å². The van der Waals surface area contributed by atoms with Gasteiger partial charge in [0.2, 0.25) is 0 Å². The number of aromatic nitrogens is 3. The number of fused-ring (bicyclic) bond motifs is 1. The van der Waals surface area contributed by atoms with E-state index in [4.69, 9.17) is 5.11 Å². The van der Waals surface area contributed by atoms with Gasteiger partial charge in [-0.3, -0.25) is 4.68 Å². The molecule has 0 saturated carbocycles. The van der Waals surface area contributed by atoms with Crippen molar-refractivity contribution in [3.8, 4) is 0 Å². The molecule has 0 unspecified atom stereocenters. The Bertz CT molecular complexity index is 604. The van der Waals surface area contributed by atoms with E-state index in [0.29, 0.717) is 15.8 Å². The first kappa shape index (κ1) is 11.1. The highest BCUT2D eigenvalue weighted by molar-refractivity contribution is 9.10. The minimum absolute atomic E-state index is 0.198. The monoisotopic (exact) mass is 283 g/mol. The molecule has 2 aromatic heterocycles. The van der Waals surface area contributed by atoms with Gasteiger partial charge in [-0.05, 0) is 35.3 Å². The third-order valence-corrected chi connectivity index (χ3v) is 3.14. The quantitative estimate of drug-likeness (QED) is 0.814. The number of aryl methyl sites for hydroxylation is 3. The number of carboxylic acid groups (broad SMARTS) is 1. The molecule has 0 saturated heterocycles. The average molecular weight is 284 g/mol. The maximum Gasteiger partial charge on any atom is 0.338 e. The molecule has 0 amide bonds. The molecule has 6 heteroatoms. The van der Waals surface area contributed by atoms with Crippen LogP contribution in [0, 0.1) is 13.8 Å². The molecule has 0 spiro atoms. The van der Waals surface area contributed by atoms with E-state index in [2.05, 4.69) is 26.0 Å². The Morgan fingerprint density at radius 3 is 2.62 bits per heavy atom. The van der Waals surface area contributed by atoms with Crippen LogP contribution in [-0.2, 0) is 7.05 Å². The van der Waals surface area contributed by atoms with E-state index in [1.165, 1.54) is 0 Å². The van der Waals surface area contributed by atoms with Crippen molar-refractivity contribution >= 4 is 32.9 Å². The molecule has 1 N–H and O–H groups in total. The van der Waals surface area contributed by atoms with Crippen LogP contribution in [0.25, 0.3) is 11.0 Å². The van der Waals surface area contributed by atoms with Crippen LogP contribution in [0.1, 0.15) is 21.6 Å². The van der Waals surface area contributed by atoms with Crippen molar-refractivity contribution in [1.82, 2.24) is 14.8 Å². The topological polar surface area (TPSA) is 68.0 Å². The van der Waals surface area contributed by atoms with E-state index in [-0.39, 0.29) is 5.56 Å². The van der Waals surface area contributed by atoms with Crippen LogP contribution in [-0.4, -0.2) is 25.8 Å². The summed E-state index contributed by atoms with van der Waals surface area (Å²) in [4.78, 5) is 15.3. The molecule has 84 valence electrons. The van der Waals surface area contributed by atoms with Crippen molar-refractivity contribution in [3.63, 3.8) is 0 Å². The van der Waals surface area contributed by atoms with Gasteiger partial charge in [0.25, 0.3) is 0 Å². The van der Waals surface area contributed by atoms with Gasteiger partial charge >= 0.3 is 5.97 Å². The van der Waals surface area contributed by atoms with Gasteiger partial charge in [-0.15, -0.1) is 0 Å². The number of nitrogens with zero attached hydrogens (tertiary/aromatic N) is 3. The Balaban J connectivity index is 2.98. The van der Waals surface area contributed by atoms with Crippen LogP contribution in [0.3, 0.4) is 0 Å². The van der Waals surface area contributed by atoms with Crippen molar-refractivity contribution in [2.45, 2.75) is 13.8 Å². The minimum Gasteiger partial charge on any atom is -0.478 e. The number of hydrogen-bond donors (Lipinski definition) is 1. The Morgan fingerprint density at radius 1 is 1.44 bits per heavy atom. The molecule has 0 bridgehead atoms. The summed E-state index contributed by atoms with van der Waals surface area (Å²) < 4.78 is 1.99. The minimum atomic E-state index is -0.984. The summed E-state index contributed by atoms with van der Waals surface area (Å²) in [7, 11) is 1.79. The first-order valence-electron chi connectivity index (χ1n) is 4.66. The fourth-order valence-corrected chi connectivity index (χ4v) is 2.53. The number of aromatic carboxylic acids is 1. The molecule has 0 radical (unpaired) electrons. The summed E-state index contributed by atoms with van der Waals surface area (Å²) in [5.74, 6) is -0.984. The van der Waals surface area contributed by atoms with Crippen LogP contribution >= 0.6 is 15.9 Å². The molecule has 16 heavy (non-hydrogen) atoms. The number of hydrogen-bond acceptors (Lipinski definition) is 3. The van der Waals surface area contributed by atoms with E-state index in [1.54, 1.807) is 18.7 Å². The number of carbonyl (C=O) groups is 1. The summed E-state index contributed by atoms with van der Waals surface area (Å²) in [6.07, 6.45) is 0. The van der Waals surface area contributed by atoms with Crippen molar-refractivity contribution in [2.75, 3.05) is 0 Å². The highest BCUT2D eigenvalue weighted by Crippen LogP contribution is 2.27.